The third-order valence-electron chi connectivity index (χ3n) is 8.68. The van der Waals surface area contributed by atoms with E-state index in [1.54, 1.807) is 49.4 Å². The lowest BCUT2D eigenvalue weighted by Crippen LogP contribution is -2.55. The summed E-state index contributed by atoms with van der Waals surface area (Å²) in [6, 6.07) is 31.9. The van der Waals surface area contributed by atoms with E-state index in [1.807, 2.05) is 81.4 Å². The number of rotatable bonds is 17. The van der Waals surface area contributed by atoms with Gasteiger partial charge in [0, 0.05) is 36.8 Å². The number of hydrogen-bond acceptors (Lipinski definition) is 6. The van der Waals surface area contributed by atoms with Crippen molar-refractivity contribution in [2.45, 2.75) is 58.7 Å². The lowest BCUT2D eigenvalue weighted by molar-refractivity contribution is -0.130. The van der Waals surface area contributed by atoms with Gasteiger partial charge in [0.05, 0.1) is 17.7 Å². The van der Waals surface area contributed by atoms with E-state index >= 15 is 0 Å². The Morgan fingerprint density at radius 3 is 1.96 bits per heavy atom. The highest BCUT2D eigenvalue weighted by Crippen LogP contribution is 2.26. The highest BCUT2D eigenvalue weighted by molar-refractivity contribution is 6.02. The van der Waals surface area contributed by atoms with Gasteiger partial charge in [-0.2, -0.15) is 5.26 Å². The smallest absolute Gasteiger partial charge is 0.251 e. The first-order valence-electron chi connectivity index (χ1n) is 17.7. The van der Waals surface area contributed by atoms with Crippen LogP contribution >= 0.6 is 0 Å². The summed E-state index contributed by atoms with van der Waals surface area (Å²) in [4.78, 5) is 53.2. The van der Waals surface area contributed by atoms with Gasteiger partial charge in [0.15, 0.2) is 0 Å². The van der Waals surface area contributed by atoms with Crippen LogP contribution in [0.5, 0.6) is 0 Å². The van der Waals surface area contributed by atoms with Crippen LogP contribution < -0.4 is 26.6 Å². The molecular formula is C42H48N6O4. The Labute approximate surface area is 306 Å². The van der Waals surface area contributed by atoms with Crippen LogP contribution in [0, 0.1) is 17.2 Å². The number of benzene rings is 4. The molecule has 0 heterocycles. The van der Waals surface area contributed by atoms with Gasteiger partial charge in [-0.1, -0.05) is 92.7 Å². The molecular weight excluding hydrogens is 652 g/mol. The second-order valence-corrected chi connectivity index (χ2v) is 13.1. The molecule has 0 aliphatic carbocycles. The van der Waals surface area contributed by atoms with Gasteiger partial charge in [-0.15, -0.1) is 0 Å². The van der Waals surface area contributed by atoms with E-state index in [0.717, 1.165) is 11.1 Å². The average molecular weight is 701 g/mol. The summed E-state index contributed by atoms with van der Waals surface area (Å²) < 4.78 is 0. The van der Waals surface area contributed by atoms with Crippen molar-refractivity contribution in [3.05, 3.63) is 131 Å². The molecule has 270 valence electrons. The van der Waals surface area contributed by atoms with Gasteiger partial charge in [0.1, 0.15) is 6.04 Å². The van der Waals surface area contributed by atoms with Gasteiger partial charge in [0.25, 0.3) is 11.8 Å². The van der Waals surface area contributed by atoms with E-state index in [1.165, 1.54) is 0 Å². The van der Waals surface area contributed by atoms with E-state index in [-0.39, 0.29) is 35.7 Å². The Morgan fingerprint density at radius 1 is 0.712 bits per heavy atom. The van der Waals surface area contributed by atoms with E-state index in [4.69, 9.17) is 0 Å². The normalized spacial score (nSPS) is 12.5. The molecule has 0 unspecified atom stereocenters. The molecule has 0 aliphatic heterocycles. The summed E-state index contributed by atoms with van der Waals surface area (Å²) in [6.45, 7) is 8.39. The van der Waals surface area contributed by atoms with Crippen molar-refractivity contribution in [1.29, 1.82) is 5.26 Å². The first kappa shape index (κ1) is 39.0. The van der Waals surface area contributed by atoms with E-state index in [2.05, 4.69) is 32.7 Å². The molecule has 0 saturated heterocycles. The number of nitrogens with zero attached hydrogens (tertiary/aromatic N) is 1. The zero-order chi connectivity index (χ0) is 37.5. The molecule has 52 heavy (non-hydrogen) atoms. The predicted molar refractivity (Wildman–Crippen MR) is 203 cm³/mol. The highest BCUT2D eigenvalue weighted by Gasteiger charge is 2.26. The maximum atomic E-state index is 14.0. The molecule has 0 aliphatic rings. The van der Waals surface area contributed by atoms with Crippen molar-refractivity contribution >= 4 is 23.6 Å². The lowest BCUT2D eigenvalue weighted by Gasteiger charge is -2.25. The van der Waals surface area contributed by atoms with Crippen LogP contribution in [-0.4, -0.2) is 61.4 Å². The summed E-state index contributed by atoms with van der Waals surface area (Å²) in [5, 5.41) is 24.8. The van der Waals surface area contributed by atoms with E-state index in [9.17, 15) is 24.4 Å². The van der Waals surface area contributed by atoms with Crippen LogP contribution in [0.2, 0.25) is 0 Å². The number of hydrogen-bond donors (Lipinski definition) is 5. The summed E-state index contributed by atoms with van der Waals surface area (Å²) in [5.74, 6) is -1.43. The largest absolute Gasteiger partial charge is 0.355 e. The minimum Gasteiger partial charge on any atom is -0.355 e. The minimum absolute atomic E-state index is 0.112. The quantitative estimate of drug-likeness (QED) is 0.107. The molecule has 0 aromatic heterocycles. The standard InChI is InChI=1S/C42H48N6O4/c1-5-44-42(52)38(28(2)3)48-39(49)29(4)46-27-36(22-31-16-10-7-11-17-31)47-41(51)35-24-33(37-19-13-12-18-32(37)26-43)23-34(25-35)40(50)45-21-20-30-14-8-6-9-15-30/h6-19,23-25,28-29,36,38,46H,5,20-22,27H2,1-4H3,(H,44,52)(H,45,50)(H,47,51)(H,48,49)/t29-,36-,38-/m0/s1. The average Bonchev–Trinajstić information content (AvgIpc) is 3.16. The van der Waals surface area contributed by atoms with Crippen molar-refractivity contribution in [3.63, 3.8) is 0 Å². The van der Waals surface area contributed by atoms with Gasteiger partial charge in [-0.3, -0.25) is 19.2 Å². The molecule has 0 fully saturated rings. The fraction of sp³-hybridized carbons (Fsp3) is 0.310. The lowest BCUT2D eigenvalue weighted by atomic mass is 9.95. The van der Waals surface area contributed by atoms with Gasteiger partial charge in [-0.25, -0.2) is 0 Å². The number of carbonyl (C=O) groups excluding carboxylic acids is 4. The maximum absolute atomic E-state index is 14.0. The molecule has 10 nitrogen and oxygen atoms in total. The second kappa shape index (κ2) is 19.6. The number of carbonyl (C=O) groups is 4. The Bertz CT molecular complexity index is 1860. The molecule has 5 N–H and O–H groups in total. The van der Waals surface area contributed by atoms with Gasteiger partial charge in [-0.05, 0) is 79.1 Å². The molecule has 0 spiro atoms. The Hall–Kier alpha value is -5.79. The van der Waals surface area contributed by atoms with Crippen LogP contribution in [-0.2, 0) is 22.4 Å². The third kappa shape index (κ3) is 11.4. The molecule has 4 rings (SSSR count). The van der Waals surface area contributed by atoms with Crippen molar-refractivity contribution in [3.8, 4) is 17.2 Å². The monoisotopic (exact) mass is 700 g/mol. The Balaban J connectivity index is 1.56. The Morgan fingerprint density at radius 2 is 1.33 bits per heavy atom. The molecule has 10 heteroatoms. The molecule has 3 atom stereocenters. The van der Waals surface area contributed by atoms with Crippen LogP contribution in [0.4, 0.5) is 0 Å². The molecule has 4 aromatic rings. The number of nitrogens with one attached hydrogen (secondary N) is 5. The second-order valence-electron chi connectivity index (χ2n) is 13.1. The highest BCUT2D eigenvalue weighted by atomic mass is 16.2. The van der Waals surface area contributed by atoms with Crippen LogP contribution in [0.3, 0.4) is 0 Å². The first-order chi connectivity index (χ1) is 25.1. The van der Waals surface area contributed by atoms with Crippen LogP contribution in [0.25, 0.3) is 11.1 Å². The zero-order valence-corrected chi connectivity index (χ0v) is 30.2. The molecule has 4 amide bonds. The maximum Gasteiger partial charge on any atom is 0.251 e. The van der Waals surface area contributed by atoms with E-state index in [0.29, 0.717) is 48.2 Å². The summed E-state index contributed by atoms with van der Waals surface area (Å²) in [5.41, 5.74) is 4.20. The molecule has 4 aromatic carbocycles. The molecule has 0 saturated carbocycles. The SMILES string of the molecule is CCNC(=O)[C@@H](NC(=O)[C@H](C)NC[C@H](Cc1ccccc1)NC(=O)c1cc(C(=O)NCCc2ccccc2)cc(-c2ccccc2C#N)c1)C(C)C. The van der Waals surface area contributed by atoms with Crippen molar-refractivity contribution in [1.82, 2.24) is 26.6 Å². The summed E-state index contributed by atoms with van der Waals surface area (Å²) in [7, 11) is 0. The molecule has 0 bridgehead atoms. The van der Waals surface area contributed by atoms with Gasteiger partial charge < -0.3 is 26.6 Å². The van der Waals surface area contributed by atoms with Crippen molar-refractivity contribution in [2.24, 2.45) is 5.92 Å². The number of amides is 4. The Kier molecular flexibility index (Phi) is 14.7. The number of likely N-dealkylation sites (N-methyl/N-ethyl adjacent to an activating group) is 1. The minimum atomic E-state index is -0.681. The summed E-state index contributed by atoms with van der Waals surface area (Å²) >= 11 is 0. The van der Waals surface area contributed by atoms with Crippen LogP contribution in [0.1, 0.15) is 65.1 Å². The van der Waals surface area contributed by atoms with Crippen LogP contribution in [0.15, 0.2) is 103 Å². The number of nitriles is 1. The first-order valence-corrected chi connectivity index (χ1v) is 17.7. The third-order valence-corrected chi connectivity index (χ3v) is 8.68. The van der Waals surface area contributed by atoms with Crippen molar-refractivity contribution in [2.75, 3.05) is 19.6 Å². The zero-order valence-electron chi connectivity index (χ0n) is 30.2. The van der Waals surface area contributed by atoms with Gasteiger partial charge >= 0.3 is 0 Å². The summed E-state index contributed by atoms with van der Waals surface area (Å²) in [6.07, 6.45) is 1.11. The van der Waals surface area contributed by atoms with Gasteiger partial charge in [0.2, 0.25) is 11.8 Å². The van der Waals surface area contributed by atoms with E-state index < -0.39 is 24.0 Å². The predicted octanol–water partition coefficient (Wildman–Crippen LogP) is 4.79. The molecule has 0 radical (unpaired) electrons. The van der Waals surface area contributed by atoms with Crippen molar-refractivity contribution < 1.29 is 19.2 Å². The fourth-order valence-corrected chi connectivity index (χ4v) is 5.80. The topological polar surface area (TPSA) is 152 Å². The fourth-order valence-electron chi connectivity index (χ4n) is 5.80.